The van der Waals surface area contributed by atoms with Gasteiger partial charge in [0.15, 0.2) is 5.69 Å². The van der Waals surface area contributed by atoms with Gasteiger partial charge in [0.05, 0.1) is 22.4 Å². The summed E-state index contributed by atoms with van der Waals surface area (Å²) in [7, 11) is 0. The van der Waals surface area contributed by atoms with E-state index in [0.717, 1.165) is 22.3 Å². The molecule has 0 unspecified atom stereocenters. The lowest BCUT2D eigenvalue weighted by atomic mass is 10.2. The fourth-order valence-electron chi connectivity index (χ4n) is 2.72. The first kappa shape index (κ1) is 15.1. The predicted octanol–water partition coefficient (Wildman–Crippen LogP) is 3.01. The Labute approximate surface area is 143 Å². The molecule has 0 fully saturated rings. The van der Waals surface area contributed by atoms with E-state index >= 15 is 0 Å². The van der Waals surface area contributed by atoms with E-state index in [1.54, 1.807) is 4.68 Å². The van der Waals surface area contributed by atoms with Gasteiger partial charge in [0.1, 0.15) is 0 Å². The van der Waals surface area contributed by atoms with Gasteiger partial charge in [0.2, 0.25) is 5.95 Å². The maximum absolute atomic E-state index is 12.5. The van der Waals surface area contributed by atoms with Crippen molar-refractivity contribution >= 4 is 22.9 Å². The monoisotopic (exact) mass is 332 g/mol. The van der Waals surface area contributed by atoms with Crippen molar-refractivity contribution in [2.45, 2.75) is 13.8 Å². The van der Waals surface area contributed by atoms with Crippen LogP contribution in [0.3, 0.4) is 0 Å². The minimum Gasteiger partial charge on any atom is -0.324 e. The van der Waals surface area contributed by atoms with Crippen LogP contribution in [0.15, 0.2) is 48.5 Å². The molecule has 0 atom stereocenters. The first-order valence-electron chi connectivity index (χ1n) is 7.87. The molecule has 7 heteroatoms. The number of aryl methyl sites for hydroxylation is 1. The lowest BCUT2D eigenvalue weighted by molar-refractivity contribution is 0.102. The molecule has 0 aliphatic heterocycles. The fraction of sp³-hybridized carbons (Fsp3) is 0.111. The third-order valence-electron chi connectivity index (χ3n) is 3.98. The molecule has 4 aromatic rings. The molecule has 0 bridgehead atoms. The van der Waals surface area contributed by atoms with E-state index in [-0.39, 0.29) is 11.6 Å². The van der Waals surface area contributed by atoms with Crippen molar-refractivity contribution in [3.05, 3.63) is 65.5 Å². The van der Waals surface area contributed by atoms with Crippen molar-refractivity contribution in [2.24, 2.45) is 0 Å². The van der Waals surface area contributed by atoms with Crippen LogP contribution in [0.2, 0.25) is 0 Å². The van der Waals surface area contributed by atoms with Gasteiger partial charge in [0, 0.05) is 0 Å². The molecule has 2 aromatic carbocycles. The SMILES string of the molecule is Cc1cccc(-n2nnc(C(=O)Nc3nc4ccccc4[nH]3)c2C)c1. The molecule has 0 radical (unpaired) electrons. The number of aromatic amines is 1. The van der Waals surface area contributed by atoms with E-state index in [9.17, 15) is 4.79 Å². The van der Waals surface area contributed by atoms with E-state index < -0.39 is 0 Å². The number of imidazole rings is 1. The number of hydrogen-bond donors (Lipinski definition) is 2. The smallest absolute Gasteiger partial charge is 0.280 e. The summed E-state index contributed by atoms with van der Waals surface area (Å²) in [6.45, 7) is 3.82. The summed E-state index contributed by atoms with van der Waals surface area (Å²) in [5, 5.41) is 10.9. The Balaban J connectivity index is 1.62. The summed E-state index contributed by atoms with van der Waals surface area (Å²) in [5.74, 6) is 0.0335. The molecule has 0 spiro atoms. The van der Waals surface area contributed by atoms with E-state index in [1.807, 2.05) is 62.4 Å². The Hall–Kier alpha value is -3.48. The van der Waals surface area contributed by atoms with Crippen LogP contribution in [0, 0.1) is 13.8 Å². The number of carbonyl (C=O) groups is 1. The first-order valence-corrected chi connectivity index (χ1v) is 7.87. The zero-order valence-electron chi connectivity index (χ0n) is 13.8. The molecule has 2 N–H and O–H groups in total. The molecule has 2 aromatic heterocycles. The summed E-state index contributed by atoms with van der Waals surface area (Å²) in [6.07, 6.45) is 0. The fourth-order valence-corrected chi connectivity index (χ4v) is 2.72. The minimum absolute atomic E-state index is 0.266. The number of aromatic nitrogens is 5. The number of hydrogen-bond acceptors (Lipinski definition) is 4. The van der Waals surface area contributed by atoms with Gasteiger partial charge in [-0.15, -0.1) is 5.10 Å². The third kappa shape index (κ3) is 2.76. The molecule has 25 heavy (non-hydrogen) atoms. The number of amides is 1. The zero-order valence-corrected chi connectivity index (χ0v) is 13.8. The highest BCUT2D eigenvalue weighted by atomic mass is 16.2. The van der Waals surface area contributed by atoms with Crippen molar-refractivity contribution < 1.29 is 4.79 Å². The number of nitrogens with one attached hydrogen (secondary N) is 2. The van der Waals surface area contributed by atoms with Crippen LogP contribution in [0.1, 0.15) is 21.7 Å². The van der Waals surface area contributed by atoms with Crippen LogP contribution in [-0.2, 0) is 0 Å². The summed E-state index contributed by atoms with van der Waals surface area (Å²) in [6, 6.07) is 15.4. The molecule has 0 saturated carbocycles. The number of para-hydroxylation sites is 2. The standard InChI is InChI=1S/C18H16N6O/c1-11-6-5-7-13(10-11)24-12(2)16(22-23-24)17(25)21-18-19-14-8-3-4-9-15(14)20-18/h3-10H,1-2H3,(H2,19,20,21,25). The Morgan fingerprint density at radius 3 is 2.76 bits per heavy atom. The maximum Gasteiger partial charge on any atom is 0.280 e. The molecule has 7 nitrogen and oxygen atoms in total. The molecule has 1 amide bonds. The number of H-pyrrole nitrogens is 1. The third-order valence-corrected chi connectivity index (χ3v) is 3.98. The van der Waals surface area contributed by atoms with Crippen LogP contribution in [0.5, 0.6) is 0 Å². The second-order valence-corrected chi connectivity index (χ2v) is 5.83. The number of nitrogens with zero attached hydrogens (tertiary/aromatic N) is 4. The molecule has 124 valence electrons. The number of benzene rings is 2. The zero-order chi connectivity index (χ0) is 17.4. The lowest BCUT2D eigenvalue weighted by Crippen LogP contribution is -2.15. The van der Waals surface area contributed by atoms with Crippen molar-refractivity contribution in [1.82, 2.24) is 25.0 Å². The van der Waals surface area contributed by atoms with Crippen LogP contribution < -0.4 is 5.32 Å². The van der Waals surface area contributed by atoms with Gasteiger partial charge in [0.25, 0.3) is 5.91 Å². The van der Waals surface area contributed by atoms with E-state index in [0.29, 0.717) is 11.6 Å². The van der Waals surface area contributed by atoms with Gasteiger partial charge in [-0.2, -0.15) is 0 Å². The van der Waals surface area contributed by atoms with Gasteiger partial charge in [-0.25, -0.2) is 9.67 Å². The van der Waals surface area contributed by atoms with Gasteiger partial charge in [-0.05, 0) is 43.7 Å². The van der Waals surface area contributed by atoms with Crippen LogP contribution in [0.25, 0.3) is 16.7 Å². The number of carbonyl (C=O) groups excluding carboxylic acids is 1. The largest absolute Gasteiger partial charge is 0.324 e. The Kier molecular flexibility index (Phi) is 3.53. The molecule has 2 heterocycles. The van der Waals surface area contributed by atoms with Crippen molar-refractivity contribution in [2.75, 3.05) is 5.32 Å². The van der Waals surface area contributed by atoms with Crippen molar-refractivity contribution in [3.63, 3.8) is 0 Å². The van der Waals surface area contributed by atoms with E-state index in [4.69, 9.17) is 0 Å². The highest BCUT2D eigenvalue weighted by Crippen LogP contribution is 2.16. The molecule has 0 aliphatic rings. The van der Waals surface area contributed by atoms with Crippen molar-refractivity contribution in [3.8, 4) is 5.69 Å². The van der Waals surface area contributed by atoms with Gasteiger partial charge in [-0.1, -0.05) is 29.5 Å². The Morgan fingerprint density at radius 2 is 1.96 bits per heavy atom. The summed E-state index contributed by atoms with van der Waals surface area (Å²) in [5.41, 5.74) is 4.56. The van der Waals surface area contributed by atoms with E-state index in [2.05, 4.69) is 25.6 Å². The van der Waals surface area contributed by atoms with Gasteiger partial charge in [-0.3, -0.25) is 10.1 Å². The van der Waals surface area contributed by atoms with Crippen LogP contribution in [-0.4, -0.2) is 30.9 Å². The molecule has 4 rings (SSSR count). The highest BCUT2D eigenvalue weighted by Gasteiger charge is 2.18. The molecular formula is C18H16N6O. The number of anilines is 1. The molecule has 0 saturated heterocycles. The predicted molar refractivity (Wildman–Crippen MR) is 94.9 cm³/mol. The first-order chi connectivity index (χ1) is 12.1. The normalized spacial score (nSPS) is 11.0. The molecular weight excluding hydrogens is 316 g/mol. The maximum atomic E-state index is 12.5. The lowest BCUT2D eigenvalue weighted by Gasteiger charge is -2.04. The van der Waals surface area contributed by atoms with Crippen molar-refractivity contribution in [1.29, 1.82) is 0 Å². The van der Waals surface area contributed by atoms with Crippen LogP contribution >= 0.6 is 0 Å². The Morgan fingerprint density at radius 1 is 1.12 bits per heavy atom. The summed E-state index contributed by atoms with van der Waals surface area (Å²) >= 11 is 0. The minimum atomic E-state index is -0.351. The Bertz CT molecular complexity index is 1050. The summed E-state index contributed by atoms with van der Waals surface area (Å²) in [4.78, 5) is 19.9. The number of rotatable bonds is 3. The average molecular weight is 332 g/mol. The quantitative estimate of drug-likeness (QED) is 0.603. The van der Waals surface area contributed by atoms with Gasteiger partial charge >= 0.3 is 0 Å². The molecule has 0 aliphatic carbocycles. The highest BCUT2D eigenvalue weighted by molar-refractivity contribution is 6.03. The topological polar surface area (TPSA) is 88.5 Å². The van der Waals surface area contributed by atoms with Gasteiger partial charge < -0.3 is 4.98 Å². The van der Waals surface area contributed by atoms with Crippen LogP contribution in [0.4, 0.5) is 5.95 Å². The second-order valence-electron chi connectivity index (χ2n) is 5.83. The number of fused-ring (bicyclic) bond motifs is 1. The second kappa shape index (κ2) is 5.86. The summed E-state index contributed by atoms with van der Waals surface area (Å²) < 4.78 is 1.65. The average Bonchev–Trinajstić information content (AvgIpc) is 3.17. The van der Waals surface area contributed by atoms with E-state index in [1.165, 1.54) is 0 Å².